The van der Waals surface area contributed by atoms with Crippen molar-refractivity contribution in [1.29, 1.82) is 0 Å². The lowest BCUT2D eigenvalue weighted by molar-refractivity contribution is 0.149. The Kier molecular flexibility index (Phi) is 5.37. The van der Waals surface area contributed by atoms with Gasteiger partial charge in [-0.1, -0.05) is 31.5 Å². The molecule has 0 unspecified atom stereocenters. The van der Waals surface area contributed by atoms with Crippen molar-refractivity contribution in [2.45, 2.75) is 38.8 Å². The van der Waals surface area contributed by atoms with E-state index in [0.717, 1.165) is 18.4 Å². The fourth-order valence-electron chi connectivity index (χ4n) is 1.72. The van der Waals surface area contributed by atoms with Crippen LogP contribution in [-0.4, -0.2) is 17.3 Å². The minimum Gasteiger partial charge on any atom is -0.394 e. The van der Waals surface area contributed by atoms with Gasteiger partial charge in [0.1, 0.15) is 5.82 Å². The second kappa shape index (κ2) is 6.34. The smallest absolute Gasteiger partial charge is 0.141 e. The summed E-state index contributed by atoms with van der Waals surface area (Å²) in [6.07, 6.45) is 1.68. The average Bonchev–Trinajstić information content (AvgIpc) is 2.36. The Morgan fingerprint density at radius 3 is 2.47 bits per heavy atom. The van der Waals surface area contributed by atoms with Gasteiger partial charge in [-0.2, -0.15) is 0 Å². The molecular weight excluding hydrogens is 241 g/mol. The monoisotopic (exact) mass is 259 g/mol. The van der Waals surface area contributed by atoms with Crippen molar-refractivity contribution in [2.24, 2.45) is 0 Å². The molecule has 0 saturated carbocycles. The second-order valence-electron chi connectivity index (χ2n) is 4.25. The third-order valence-corrected chi connectivity index (χ3v) is 3.60. The summed E-state index contributed by atoms with van der Waals surface area (Å²) in [5.74, 6) is -0.408. The first kappa shape index (κ1) is 14.4. The SMILES string of the molecule is CCC(CC)(CO)NCc1ccc(F)c(Cl)c1. The molecule has 0 bridgehead atoms. The average molecular weight is 260 g/mol. The number of aliphatic hydroxyl groups is 1. The van der Waals surface area contributed by atoms with Crippen molar-refractivity contribution in [3.63, 3.8) is 0 Å². The van der Waals surface area contributed by atoms with Crippen LogP contribution in [0.2, 0.25) is 5.02 Å². The number of hydrogen-bond acceptors (Lipinski definition) is 2. The molecule has 2 N–H and O–H groups in total. The fourth-order valence-corrected chi connectivity index (χ4v) is 1.92. The Morgan fingerprint density at radius 1 is 1.35 bits per heavy atom. The number of hydrogen-bond donors (Lipinski definition) is 2. The van der Waals surface area contributed by atoms with Crippen LogP contribution in [0.5, 0.6) is 0 Å². The zero-order valence-corrected chi connectivity index (χ0v) is 11.0. The lowest BCUT2D eigenvalue weighted by atomic mass is 9.93. The van der Waals surface area contributed by atoms with E-state index in [4.69, 9.17) is 11.6 Å². The molecule has 96 valence electrons. The molecule has 0 fully saturated rings. The summed E-state index contributed by atoms with van der Waals surface area (Å²) in [4.78, 5) is 0. The largest absolute Gasteiger partial charge is 0.394 e. The summed E-state index contributed by atoms with van der Waals surface area (Å²) in [6.45, 7) is 4.73. The van der Waals surface area contributed by atoms with Gasteiger partial charge in [0.2, 0.25) is 0 Å². The van der Waals surface area contributed by atoms with E-state index in [2.05, 4.69) is 5.32 Å². The van der Waals surface area contributed by atoms with E-state index in [-0.39, 0.29) is 17.2 Å². The van der Waals surface area contributed by atoms with Crippen LogP contribution in [0.25, 0.3) is 0 Å². The maximum atomic E-state index is 13.0. The molecule has 2 nitrogen and oxygen atoms in total. The normalized spacial score (nSPS) is 11.8. The van der Waals surface area contributed by atoms with Crippen LogP contribution in [0, 0.1) is 5.82 Å². The molecule has 0 atom stereocenters. The van der Waals surface area contributed by atoms with E-state index in [1.54, 1.807) is 12.1 Å². The third kappa shape index (κ3) is 3.66. The molecule has 0 aliphatic rings. The first-order valence-corrected chi connectivity index (χ1v) is 6.24. The predicted molar refractivity (Wildman–Crippen MR) is 68.6 cm³/mol. The van der Waals surface area contributed by atoms with E-state index in [9.17, 15) is 9.50 Å². The Bertz CT molecular complexity index is 358. The summed E-state index contributed by atoms with van der Waals surface area (Å²) < 4.78 is 13.0. The Balaban J connectivity index is 2.68. The summed E-state index contributed by atoms with van der Waals surface area (Å²) >= 11 is 5.71. The van der Waals surface area contributed by atoms with E-state index >= 15 is 0 Å². The van der Waals surface area contributed by atoms with Gasteiger partial charge in [-0.3, -0.25) is 0 Å². The Morgan fingerprint density at radius 2 is 2.00 bits per heavy atom. The molecular formula is C13H19ClFNO. The van der Waals surface area contributed by atoms with Gasteiger partial charge < -0.3 is 10.4 Å². The van der Waals surface area contributed by atoms with Crippen LogP contribution in [0.3, 0.4) is 0 Å². The highest BCUT2D eigenvalue weighted by Crippen LogP contribution is 2.18. The van der Waals surface area contributed by atoms with E-state index in [0.29, 0.717) is 6.54 Å². The van der Waals surface area contributed by atoms with E-state index in [1.165, 1.54) is 6.07 Å². The van der Waals surface area contributed by atoms with Gasteiger partial charge in [0.15, 0.2) is 0 Å². The molecule has 0 radical (unpaired) electrons. The fraction of sp³-hybridized carbons (Fsp3) is 0.538. The van der Waals surface area contributed by atoms with Gasteiger partial charge in [-0.05, 0) is 30.5 Å². The molecule has 1 aromatic carbocycles. The highest BCUT2D eigenvalue weighted by molar-refractivity contribution is 6.30. The van der Waals surface area contributed by atoms with Gasteiger partial charge in [0.05, 0.1) is 11.6 Å². The van der Waals surface area contributed by atoms with Crippen molar-refractivity contribution < 1.29 is 9.50 Å². The Labute approximate surface area is 107 Å². The van der Waals surface area contributed by atoms with Crippen molar-refractivity contribution in [3.05, 3.63) is 34.6 Å². The van der Waals surface area contributed by atoms with Crippen LogP contribution >= 0.6 is 11.6 Å². The van der Waals surface area contributed by atoms with Crippen LogP contribution < -0.4 is 5.32 Å². The molecule has 0 heterocycles. The zero-order chi connectivity index (χ0) is 12.9. The van der Waals surface area contributed by atoms with Crippen LogP contribution in [-0.2, 0) is 6.54 Å². The van der Waals surface area contributed by atoms with Crippen molar-refractivity contribution >= 4 is 11.6 Å². The maximum absolute atomic E-state index is 13.0. The zero-order valence-electron chi connectivity index (χ0n) is 10.3. The summed E-state index contributed by atoms with van der Waals surface area (Å²) in [5, 5.41) is 12.9. The topological polar surface area (TPSA) is 32.3 Å². The molecule has 0 aliphatic carbocycles. The van der Waals surface area contributed by atoms with Crippen molar-refractivity contribution in [3.8, 4) is 0 Å². The number of aliphatic hydroxyl groups excluding tert-OH is 1. The standard InChI is InChI=1S/C13H19ClFNO/c1-3-13(4-2,9-17)16-8-10-5-6-12(15)11(14)7-10/h5-7,16-17H,3-4,8-9H2,1-2H3. The highest BCUT2D eigenvalue weighted by atomic mass is 35.5. The Hall–Kier alpha value is -0.640. The van der Waals surface area contributed by atoms with Crippen LogP contribution in [0.4, 0.5) is 4.39 Å². The van der Waals surface area contributed by atoms with Gasteiger partial charge in [-0.15, -0.1) is 0 Å². The first-order valence-electron chi connectivity index (χ1n) is 5.86. The molecule has 4 heteroatoms. The third-order valence-electron chi connectivity index (χ3n) is 3.31. The van der Waals surface area contributed by atoms with Crippen molar-refractivity contribution in [1.82, 2.24) is 5.32 Å². The predicted octanol–water partition coefficient (Wildman–Crippen LogP) is 3.12. The molecule has 0 spiro atoms. The van der Waals surface area contributed by atoms with Crippen LogP contribution in [0.15, 0.2) is 18.2 Å². The first-order chi connectivity index (χ1) is 8.06. The molecule has 0 amide bonds. The number of benzene rings is 1. The number of halogens is 2. The number of nitrogens with one attached hydrogen (secondary N) is 1. The molecule has 1 aromatic rings. The molecule has 0 saturated heterocycles. The van der Waals surface area contributed by atoms with Crippen LogP contribution in [0.1, 0.15) is 32.3 Å². The summed E-state index contributed by atoms with van der Waals surface area (Å²) in [6, 6.07) is 4.66. The number of rotatable bonds is 6. The van der Waals surface area contributed by atoms with Gasteiger partial charge in [0.25, 0.3) is 0 Å². The molecule has 17 heavy (non-hydrogen) atoms. The van der Waals surface area contributed by atoms with Gasteiger partial charge >= 0.3 is 0 Å². The lowest BCUT2D eigenvalue weighted by Crippen LogP contribution is -2.47. The minimum atomic E-state index is -0.408. The maximum Gasteiger partial charge on any atom is 0.141 e. The van der Waals surface area contributed by atoms with Crippen molar-refractivity contribution in [2.75, 3.05) is 6.61 Å². The molecule has 0 aromatic heterocycles. The highest BCUT2D eigenvalue weighted by Gasteiger charge is 2.23. The molecule has 0 aliphatic heterocycles. The minimum absolute atomic E-state index is 0.0922. The summed E-state index contributed by atoms with van der Waals surface area (Å²) in [7, 11) is 0. The van der Waals surface area contributed by atoms with E-state index in [1.807, 2.05) is 13.8 Å². The quantitative estimate of drug-likeness (QED) is 0.823. The summed E-state index contributed by atoms with van der Waals surface area (Å²) in [5.41, 5.74) is 0.650. The van der Waals surface area contributed by atoms with E-state index < -0.39 is 5.82 Å². The molecule has 1 rings (SSSR count). The van der Waals surface area contributed by atoms with Gasteiger partial charge in [-0.25, -0.2) is 4.39 Å². The second-order valence-corrected chi connectivity index (χ2v) is 4.65. The lowest BCUT2D eigenvalue weighted by Gasteiger charge is -2.31. The van der Waals surface area contributed by atoms with Gasteiger partial charge in [0, 0.05) is 12.1 Å².